The first kappa shape index (κ1) is 36.0. The molecule has 5 heterocycles. The van der Waals surface area contributed by atoms with E-state index in [1.165, 1.54) is 17.2 Å². The van der Waals surface area contributed by atoms with E-state index in [4.69, 9.17) is 33.0 Å². The lowest BCUT2D eigenvalue weighted by molar-refractivity contribution is -0.0482. The van der Waals surface area contributed by atoms with Crippen molar-refractivity contribution in [1.82, 2.24) is 29.5 Å². The van der Waals surface area contributed by atoms with Crippen molar-refractivity contribution in [2.75, 3.05) is 24.3 Å². The Morgan fingerprint density at radius 3 is 2.54 bits per heavy atom. The number of ether oxygens (including phenoxy) is 1. The second kappa shape index (κ2) is 13.4. The van der Waals surface area contributed by atoms with Crippen LogP contribution >= 0.6 is 38.1 Å². The van der Waals surface area contributed by atoms with Crippen molar-refractivity contribution in [2.45, 2.75) is 88.4 Å². The molecule has 1 saturated carbocycles. The van der Waals surface area contributed by atoms with Crippen molar-refractivity contribution in [3.05, 3.63) is 35.3 Å². The highest BCUT2D eigenvalue weighted by Gasteiger charge is 2.55. The van der Waals surface area contributed by atoms with Gasteiger partial charge in [-0.1, -0.05) is 45.3 Å². The number of aromatic amines is 1. The van der Waals surface area contributed by atoms with Gasteiger partial charge in [0.15, 0.2) is 25.7 Å². The number of H-pyrrole nitrogens is 1. The van der Waals surface area contributed by atoms with Gasteiger partial charge in [-0.2, -0.15) is 4.98 Å². The quantitative estimate of drug-likeness (QED) is 0.137. The van der Waals surface area contributed by atoms with E-state index in [2.05, 4.69) is 75.5 Å². The normalized spacial score (nSPS) is 35.0. The second-order valence-corrected chi connectivity index (χ2v) is 24.1. The fraction of sp³-hybridized carbons (Fsp3) is 0.654. The van der Waals surface area contributed by atoms with Crippen LogP contribution < -0.4 is 16.6 Å². The third-order valence-electron chi connectivity index (χ3n) is 9.19. The van der Waals surface area contributed by atoms with Crippen molar-refractivity contribution in [3.8, 4) is 0 Å². The average Bonchev–Trinajstić information content (AvgIpc) is 3.66. The van der Waals surface area contributed by atoms with Crippen LogP contribution in [0.2, 0.25) is 18.1 Å². The number of nitrogens with two attached hydrogens (primary N) is 1. The van der Waals surface area contributed by atoms with Crippen LogP contribution in [0.15, 0.2) is 29.7 Å². The number of thiol groups is 2. The van der Waals surface area contributed by atoms with Crippen LogP contribution in [-0.4, -0.2) is 81.5 Å². The first-order valence-electron chi connectivity index (χ1n) is 15.3. The zero-order chi connectivity index (χ0) is 34.6. The summed E-state index contributed by atoms with van der Waals surface area (Å²) in [4.78, 5) is 31.7. The van der Waals surface area contributed by atoms with Gasteiger partial charge in [-0.05, 0) is 37.0 Å². The number of hydrogen-bond donors (Lipinski definition) is 5. The largest absolute Gasteiger partial charge is 0.408 e. The van der Waals surface area contributed by atoms with Gasteiger partial charge in [0, 0.05) is 18.2 Å². The van der Waals surface area contributed by atoms with Crippen LogP contribution in [0.3, 0.4) is 0 Å². The van der Waals surface area contributed by atoms with Crippen LogP contribution in [-0.2, 0) is 36.4 Å². The molecule has 22 heteroatoms. The predicted molar refractivity (Wildman–Crippen MR) is 186 cm³/mol. The Morgan fingerprint density at radius 2 is 1.83 bits per heavy atom. The fourth-order valence-corrected chi connectivity index (χ4v) is 10.2. The number of rotatable bonds is 5. The minimum atomic E-state index is -4.15. The molecule has 48 heavy (non-hydrogen) atoms. The lowest BCUT2D eigenvalue weighted by Crippen LogP contribution is -2.50. The molecule has 3 aromatic rings. The van der Waals surface area contributed by atoms with Gasteiger partial charge < -0.3 is 24.7 Å². The highest BCUT2D eigenvalue weighted by Crippen LogP contribution is 2.61. The first-order chi connectivity index (χ1) is 22.4. The molecule has 264 valence electrons. The summed E-state index contributed by atoms with van der Waals surface area (Å²) in [6, 6.07) is 1.58. The fourth-order valence-electron chi connectivity index (χ4n) is 5.80. The summed E-state index contributed by atoms with van der Waals surface area (Å²) in [5.41, 5.74) is 5.40. The maximum atomic E-state index is 14.1. The van der Waals surface area contributed by atoms with Crippen molar-refractivity contribution in [3.63, 3.8) is 0 Å². The molecule has 6 rings (SSSR count). The third-order valence-corrected chi connectivity index (χ3v) is 16.9. The SMILES string of the molecule is CC(C)(C)[Si](C)(C)O[C@H]1[C@H]2O[P@@](=O)(S)OC[C@H]3C[C@@H](Nc4ccncn4)C[C@@H]3O[P@@](=O)(S)OC[C@H]1O[C@H]2n1cnc2c(=O)[nH]c(N)nc21. The zero-order valence-electron chi connectivity index (χ0n) is 27.0. The van der Waals surface area contributed by atoms with Crippen LogP contribution in [0.25, 0.3) is 11.2 Å². The van der Waals surface area contributed by atoms with Crippen molar-refractivity contribution in [2.24, 2.45) is 5.92 Å². The number of hydrogen-bond acceptors (Lipinski definition) is 15. The molecule has 0 spiro atoms. The molecule has 2 saturated heterocycles. The number of nitrogens with one attached hydrogen (secondary N) is 2. The highest BCUT2D eigenvalue weighted by molar-refractivity contribution is 8.44. The topological polar surface area (TPSA) is 217 Å². The molecule has 3 aromatic heterocycles. The smallest absolute Gasteiger partial charge is 0.386 e. The number of nitrogen functional groups attached to an aromatic ring is 1. The number of imidazole rings is 1. The zero-order valence-corrected chi connectivity index (χ0v) is 31.5. The molecular weight excluding hydrogens is 723 g/mol. The summed E-state index contributed by atoms with van der Waals surface area (Å²) in [5, 5.41) is 3.06. The van der Waals surface area contributed by atoms with E-state index in [1.807, 2.05) is 13.1 Å². The van der Waals surface area contributed by atoms with Crippen molar-refractivity contribution >= 4 is 69.3 Å². The van der Waals surface area contributed by atoms with Gasteiger partial charge in [-0.25, -0.2) is 24.1 Å². The maximum absolute atomic E-state index is 14.1. The monoisotopic (exact) mass is 762 g/mol. The summed E-state index contributed by atoms with van der Waals surface area (Å²) < 4.78 is 66.6. The Bertz CT molecular complexity index is 1800. The molecule has 0 unspecified atom stereocenters. The molecule has 17 nitrogen and oxygen atoms in total. The van der Waals surface area contributed by atoms with Gasteiger partial charge in [-0.3, -0.25) is 27.9 Å². The first-order valence-corrected chi connectivity index (χ1v) is 23.6. The molecule has 1 aliphatic carbocycles. The summed E-state index contributed by atoms with van der Waals surface area (Å²) in [6.45, 7) is 1.70. The van der Waals surface area contributed by atoms with Crippen LogP contribution in [0.4, 0.5) is 11.8 Å². The molecule has 0 radical (unpaired) electrons. The molecule has 9 atom stereocenters. The average molecular weight is 763 g/mol. The minimum Gasteiger partial charge on any atom is -0.408 e. The Balaban J connectivity index is 1.36. The highest BCUT2D eigenvalue weighted by atomic mass is 32.7. The predicted octanol–water partition coefficient (Wildman–Crippen LogP) is 4.56. The lowest BCUT2D eigenvalue weighted by Gasteiger charge is -2.40. The lowest BCUT2D eigenvalue weighted by atomic mass is 10.1. The van der Waals surface area contributed by atoms with E-state index in [1.54, 1.807) is 12.3 Å². The van der Waals surface area contributed by atoms with Gasteiger partial charge in [0.05, 0.1) is 25.6 Å². The molecular formula is C26H40N8O9P2S2Si. The van der Waals surface area contributed by atoms with Gasteiger partial charge in [0.25, 0.3) is 5.56 Å². The molecule has 2 bridgehead atoms. The molecule has 3 fully saturated rings. The third kappa shape index (κ3) is 7.73. The van der Waals surface area contributed by atoms with Crippen molar-refractivity contribution < 1.29 is 36.4 Å². The van der Waals surface area contributed by atoms with Crippen LogP contribution in [0.5, 0.6) is 0 Å². The Hall–Kier alpha value is -1.83. The van der Waals surface area contributed by atoms with E-state index < -0.39 is 64.0 Å². The summed E-state index contributed by atoms with van der Waals surface area (Å²) in [7, 11) is -2.58. The number of anilines is 2. The van der Waals surface area contributed by atoms with Crippen molar-refractivity contribution in [1.29, 1.82) is 0 Å². The number of fused-ring (bicyclic) bond motifs is 4. The number of nitrogens with zero attached hydrogens (tertiary/aromatic N) is 5. The summed E-state index contributed by atoms with van der Waals surface area (Å²) >= 11 is 8.70. The van der Waals surface area contributed by atoms with Gasteiger partial charge >= 0.3 is 13.6 Å². The minimum absolute atomic E-state index is 0.00140. The van der Waals surface area contributed by atoms with Gasteiger partial charge in [0.1, 0.15) is 30.5 Å². The van der Waals surface area contributed by atoms with E-state index in [0.717, 1.165) is 0 Å². The second-order valence-electron chi connectivity index (χ2n) is 13.6. The standard InChI is InChI=1S/C26H40N8O9P2S2Si/c1-26(2,3)48(4,5)43-20-17-11-39-44(36,46)41-16-9-15(31-18-6-7-28-12-29-18)8-14(16)10-38-45(37,47)42-21(20)24(40-17)34-13-30-19-22(34)32-25(27)33-23(19)35/h6-7,12-17,20-21,24H,8-11H2,1-5H3,(H,36,46)(H,37,47)(H,28,29,31)(H3,27,32,33,35)/t14-,15-,16+,17-,20-,21-,24-,44+,45+/m1/s1. The van der Waals surface area contributed by atoms with Gasteiger partial charge in [0.2, 0.25) is 5.95 Å². The molecule has 0 amide bonds. The van der Waals surface area contributed by atoms with E-state index in [-0.39, 0.29) is 41.4 Å². The number of aromatic nitrogens is 6. The Morgan fingerprint density at radius 1 is 1.10 bits per heavy atom. The Labute approximate surface area is 288 Å². The maximum Gasteiger partial charge on any atom is 0.386 e. The van der Waals surface area contributed by atoms with E-state index in [0.29, 0.717) is 18.7 Å². The molecule has 0 aromatic carbocycles. The summed E-state index contributed by atoms with van der Waals surface area (Å²) in [5.74, 6) is 0.0741. The molecule has 3 aliphatic rings. The van der Waals surface area contributed by atoms with Gasteiger partial charge in [-0.15, -0.1) is 0 Å². The van der Waals surface area contributed by atoms with E-state index >= 15 is 0 Å². The van der Waals surface area contributed by atoms with Crippen LogP contribution in [0, 0.1) is 5.92 Å². The Kier molecular flexibility index (Phi) is 10.0. The summed E-state index contributed by atoms with van der Waals surface area (Å²) in [6.07, 6.45) is 0.485. The van der Waals surface area contributed by atoms with E-state index in [9.17, 15) is 13.9 Å². The molecule has 4 N–H and O–H groups in total. The molecule has 2 aliphatic heterocycles. The van der Waals surface area contributed by atoms with Crippen LogP contribution in [0.1, 0.15) is 39.8 Å².